The van der Waals surface area contributed by atoms with Crippen molar-refractivity contribution in [2.24, 2.45) is 4.99 Å². The number of benzene rings is 3. The van der Waals surface area contributed by atoms with E-state index in [-0.39, 0.29) is 17.7 Å². The number of carbonyl (C=O) groups excluding carboxylic acids is 1. The van der Waals surface area contributed by atoms with E-state index >= 15 is 0 Å². The first-order valence-corrected chi connectivity index (χ1v) is 11.8. The summed E-state index contributed by atoms with van der Waals surface area (Å²) in [5.74, 6) is 1.64. The highest BCUT2D eigenvalue weighted by molar-refractivity contribution is 9.10. The number of para-hydroxylation sites is 1. The van der Waals surface area contributed by atoms with Crippen molar-refractivity contribution >= 4 is 51.5 Å². The molecule has 0 saturated heterocycles. The highest BCUT2D eigenvalue weighted by Crippen LogP contribution is 2.40. The van der Waals surface area contributed by atoms with Gasteiger partial charge in [0.1, 0.15) is 5.69 Å². The lowest BCUT2D eigenvalue weighted by Gasteiger charge is -2.13. The Hall–Kier alpha value is -4.18. The van der Waals surface area contributed by atoms with E-state index < -0.39 is 10.7 Å². The molecule has 0 heterocycles. The zero-order valence-corrected chi connectivity index (χ0v) is 22.3. The Morgan fingerprint density at radius 1 is 0.919 bits per heavy atom. The second-order valence-electron chi connectivity index (χ2n) is 7.56. The first kappa shape index (κ1) is 27.4. The SMILES string of the molecule is COc1cc(/C=C\c2cc(Br)c(OC)c(N=CCC(=O)c3ccccc3[N+](=O)[O-])c2)cc(OC)c1OC. The molecule has 0 spiro atoms. The zero-order valence-electron chi connectivity index (χ0n) is 20.7. The fourth-order valence-electron chi connectivity index (χ4n) is 3.59. The van der Waals surface area contributed by atoms with Crippen LogP contribution in [0.5, 0.6) is 23.0 Å². The highest BCUT2D eigenvalue weighted by atomic mass is 79.9. The van der Waals surface area contributed by atoms with E-state index in [0.29, 0.717) is 33.2 Å². The maximum Gasteiger partial charge on any atom is 0.280 e. The summed E-state index contributed by atoms with van der Waals surface area (Å²) in [6, 6.07) is 13.1. The summed E-state index contributed by atoms with van der Waals surface area (Å²) in [5, 5.41) is 11.2. The smallest absolute Gasteiger partial charge is 0.280 e. The molecular weight excluding hydrogens is 544 g/mol. The van der Waals surface area contributed by atoms with Crippen LogP contribution in [-0.4, -0.2) is 45.4 Å². The van der Waals surface area contributed by atoms with Gasteiger partial charge >= 0.3 is 0 Å². The number of ether oxygens (including phenoxy) is 4. The Labute approximate surface area is 222 Å². The van der Waals surface area contributed by atoms with Crippen molar-refractivity contribution in [1.82, 2.24) is 0 Å². The highest BCUT2D eigenvalue weighted by Gasteiger charge is 2.18. The quantitative estimate of drug-likeness (QED) is 0.0848. The second-order valence-corrected chi connectivity index (χ2v) is 8.41. The third kappa shape index (κ3) is 6.53. The number of methoxy groups -OCH3 is 4. The van der Waals surface area contributed by atoms with Crippen molar-refractivity contribution in [3.63, 3.8) is 0 Å². The number of halogens is 1. The van der Waals surface area contributed by atoms with Crippen molar-refractivity contribution in [1.29, 1.82) is 0 Å². The van der Waals surface area contributed by atoms with E-state index in [1.165, 1.54) is 31.5 Å². The van der Waals surface area contributed by atoms with Gasteiger partial charge in [-0.3, -0.25) is 19.9 Å². The standard InChI is InChI=1S/C27H25BrN2O7/c1-34-24-15-18(16-25(35-2)27(24)37-4)10-9-17-13-20(28)26(36-3)21(14-17)29-12-11-23(31)19-7-5-6-8-22(19)30(32)33/h5-10,12-16H,11H2,1-4H3/b10-9-,29-12?. The van der Waals surface area contributed by atoms with Crippen molar-refractivity contribution in [3.8, 4) is 23.0 Å². The van der Waals surface area contributed by atoms with Crippen LogP contribution in [0.4, 0.5) is 11.4 Å². The lowest BCUT2D eigenvalue weighted by Crippen LogP contribution is -2.04. The summed E-state index contributed by atoms with van der Waals surface area (Å²) in [6.45, 7) is 0. The molecule has 3 aromatic rings. The number of nitrogens with zero attached hydrogens (tertiary/aromatic N) is 2. The Morgan fingerprint density at radius 3 is 2.08 bits per heavy atom. The van der Waals surface area contributed by atoms with Crippen molar-refractivity contribution in [3.05, 3.63) is 79.8 Å². The molecule has 0 bridgehead atoms. The van der Waals surface area contributed by atoms with Crippen LogP contribution >= 0.6 is 15.9 Å². The maximum atomic E-state index is 12.6. The predicted molar refractivity (Wildman–Crippen MR) is 146 cm³/mol. The molecule has 0 atom stereocenters. The molecule has 10 heteroatoms. The number of nitro groups is 1. The fourth-order valence-corrected chi connectivity index (χ4v) is 4.22. The summed E-state index contributed by atoms with van der Waals surface area (Å²) in [7, 11) is 6.16. The molecule has 0 aromatic heterocycles. The number of hydrogen-bond acceptors (Lipinski definition) is 8. The number of aliphatic imine (C=N–C) groups is 1. The van der Waals surface area contributed by atoms with Crippen LogP contribution in [0, 0.1) is 10.1 Å². The average molecular weight is 569 g/mol. The van der Waals surface area contributed by atoms with Crippen LogP contribution in [0.25, 0.3) is 12.2 Å². The number of hydrogen-bond donors (Lipinski definition) is 0. The molecule has 0 unspecified atom stereocenters. The third-order valence-corrected chi connectivity index (χ3v) is 5.90. The number of nitro benzene ring substituents is 1. The van der Waals surface area contributed by atoms with Crippen molar-refractivity contribution in [2.75, 3.05) is 28.4 Å². The van der Waals surface area contributed by atoms with Gasteiger partial charge in [0, 0.05) is 18.7 Å². The lowest BCUT2D eigenvalue weighted by atomic mass is 10.1. The van der Waals surface area contributed by atoms with Gasteiger partial charge in [-0.15, -0.1) is 0 Å². The summed E-state index contributed by atoms with van der Waals surface area (Å²) in [4.78, 5) is 27.6. The first-order valence-electron chi connectivity index (χ1n) is 11.0. The maximum absolute atomic E-state index is 12.6. The number of carbonyl (C=O) groups is 1. The third-order valence-electron chi connectivity index (χ3n) is 5.31. The van der Waals surface area contributed by atoms with Gasteiger partial charge in [-0.25, -0.2) is 0 Å². The number of rotatable bonds is 11. The van der Waals surface area contributed by atoms with Crippen molar-refractivity contribution < 1.29 is 28.7 Å². The van der Waals surface area contributed by atoms with Crippen LogP contribution in [0.3, 0.4) is 0 Å². The molecule has 0 aliphatic carbocycles. The Kier molecular flexibility index (Phi) is 9.39. The topological polar surface area (TPSA) is 109 Å². The number of Topliss-reactive ketones (excluding diaryl/α,β-unsaturated/α-hetero) is 1. The van der Waals surface area contributed by atoms with Crippen LogP contribution in [0.15, 0.2) is 58.0 Å². The summed E-state index contributed by atoms with van der Waals surface area (Å²) >= 11 is 3.50. The summed E-state index contributed by atoms with van der Waals surface area (Å²) in [6.07, 6.45) is 5.06. The molecule has 0 aliphatic heterocycles. The molecule has 9 nitrogen and oxygen atoms in total. The summed E-state index contributed by atoms with van der Waals surface area (Å²) < 4.78 is 22.3. The molecule has 0 N–H and O–H groups in total. The molecule has 37 heavy (non-hydrogen) atoms. The van der Waals surface area contributed by atoms with Gasteiger partial charge in [0.15, 0.2) is 23.0 Å². The molecule has 0 amide bonds. The minimum atomic E-state index is -0.575. The normalized spacial score (nSPS) is 11.1. The van der Waals surface area contributed by atoms with Gasteiger partial charge in [0.05, 0.1) is 43.4 Å². The van der Waals surface area contributed by atoms with Gasteiger partial charge in [0.25, 0.3) is 5.69 Å². The van der Waals surface area contributed by atoms with E-state index in [4.69, 9.17) is 18.9 Å². The Morgan fingerprint density at radius 2 is 1.51 bits per heavy atom. The van der Waals surface area contributed by atoms with Gasteiger partial charge in [-0.05, 0) is 57.4 Å². The van der Waals surface area contributed by atoms with E-state index in [1.807, 2.05) is 30.4 Å². The molecule has 0 fully saturated rings. The van der Waals surface area contributed by atoms with Crippen molar-refractivity contribution in [2.45, 2.75) is 6.42 Å². The second kappa shape index (κ2) is 12.7. The van der Waals surface area contributed by atoms with Gasteiger partial charge in [-0.2, -0.15) is 0 Å². The largest absolute Gasteiger partial charge is 0.493 e. The van der Waals surface area contributed by atoms with E-state index in [0.717, 1.165) is 11.1 Å². The van der Waals surface area contributed by atoms with Crippen LogP contribution in [0.1, 0.15) is 27.9 Å². The van der Waals surface area contributed by atoms with Gasteiger partial charge in [-0.1, -0.05) is 24.3 Å². The van der Waals surface area contributed by atoms with Gasteiger partial charge < -0.3 is 18.9 Å². The lowest BCUT2D eigenvalue weighted by molar-refractivity contribution is -0.385. The molecule has 3 aromatic carbocycles. The van der Waals surface area contributed by atoms with Gasteiger partial charge in [0.2, 0.25) is 5.75 Å². The van der Waals surface area contributed by atoms with E-state index in [2.05, 4.69) is 20.9 Å². The molecule has 0 radical (unpaired) electrons. The first-order chi connectivity index (χ1) is 17.8. The van der Waals surface area contributed by atoms with E-state index in [1.54, 1.807) is 33.5 Å². The molecular formula is C27H25BrN2O7. The average Bonchev–Trinajstić information content (AvgIpc) is 2.90. The van der Waals surface area contributed by atoms with Crippen LogP contribution in [-0.2, 0) is 0 Å². The predicted octanol–water partition coefficient (Wildman–Crippen LogP) is 6.54. The molecule has 192 valence electrons. The minimum absolute atomic E-state index is 0.0362. The van der Waals surface area contributed by atoms with Crippen LogP contribution < -0.4 is 18.9 Å². The summed E-state index contributed by atoms with van der Waals surface area (Å²) in [5.41, 5.74) is 1.91. The van der Waals surface area contributed by atoms with E-state index in [9.17, 15) is 14.9 Å². The minimum Gasteiger partial charge on any atom is -0.493 e. The monoisotopic (exact) mass is 568 g/mol. The zero-order chi connectivity index (χ0) is 26.9. The molecule has 0 saturated carbocycles. The molecule has 0 aliphatic rings. The fraction of sp³-hybridized carbons (Fsp3) is 0.185. The Balaban J connectivity index is 1.88. The Bertz CT molecular complexity index is 1340. The number of ketones is 1. The molecule has 3 rings (SSSR count). The van der Waals surface area contributed by atoms with Crippen LogP contribution in [0.2, 0.25) is 0 Å².